The average Bonchev–Trinajstić information content (AvgIpc) is 2.82. The van der Waals surface area contributed by atoms with Crippen LogP contribution < -0.4 is 0 Å². The summed E-state index contributed by atoms with van der Waals surface area (Å²) in [4.78, 5) is 23.4. The molecule has 0 aromatic rings. The predicted molar refractivity (Wildman–Crippen MR) is 92.2 cm³/mol. The van der Waals surface area contributed by atoms with Gasteiger partial charge in [-0.2, -0.15) is 0 Å². The van der Waals surface area contributed by atoms with Crippen LogP contribution >= 0.6 is 0 Å². The van der Waals surface area contributed by atoms with Crippen molar-refractivity contribution in [3.8, 4) is 0 Å². The van der Waals surface area contributed by atoms with Crippen molar-refractivity contribution in [2.24, 2.45) is 35.0 Å². The van der Waals surface area contributed by atoms with Gasteiger partial charge in [0, 0.05) is 18.8 Å². The fourth-order valence-corrected chi connectivity index (χ4v) is 7.12. The molecule has 0 aromatic heterocycles. The van der Waals surface area contributed by atoms with Gasteiger partial charge in [-0.15, -0.1) is 0 Å². The molecule has 4 aliphatic rings. The number of rotatable bonds is 1. The van der Waals surface area contributed by atoms with Crippen LogP contribution in [-0.2, 0) is 14.3 Å². The normalized spacial score (nSPS) is 47.3. The third-order valence-electron chi connectivity index (χ3n) is 7.82. The lowest BCUT2D eigenvalue weighted by Gasteiger charge is -2.56. The number of ketones is 1. The zero-order chi connectivity index (χ0) is 17.1. The Morgan fingerprint density at radius 3 is 2.75 bits per heavy atom. The number of fused-ring (bicyclic) bond motifs is 5. The Hall–Kier alpha value is -1.12. The standard InChI is InChI=1S/C21H30O3/c1-12-11-21(3)18(8-9-19(21)24-13(2)22)17-6-4-14-10-15(23)5-7-16(14)20(12)17/h10,12,16-20H,4-9,11H2,1-3H3/t12-,16-,17?,18?,19-,20?,21-/m0/s1. The molecule has 0 bridgehead atoms. The first-order chi connectivity index (χ1) is 11.4. The lowest BCUT2D eigenvalue weighted by molar-refractivity contribution is -0.158. The van der Waals surface area contributed by atoms with Crippen LogP contribution in [-0.4, -0.2) is 17.9 Å². The second-order valence-corrected chi connectivity index (χ2v) is 9.08. The average molecular weight is 330 g/mol. The zero-order valence-electron chi connectivity index (χ0n) is 15.2. The van der Waals surface area contributed by atoms with Crippen molar-refractivity contribution < 1.29 is 14.3 Å². The van der Waals surface area contributed by atoms with Gasteiger partial charge < -0.3 is 4.74 Å². The van der Waals surface area contributed by atoms with Gasteiger partial charge in [0.1, 0.15) is 6.10 Å². The maximum atomic E-state index is 11.8. The first-order valence-electron chi connectivity index (χ1n) is 9.80. The highest BCUT2D eigenvalue weighted by Gasteiger charge is 2.59. The quantitative estimate of drug-likeness (QED) is 0.673. The van der Waals surface area contributed by atoms with E-state index in [4.69, 9.17) is 4.74 Å². The van der Waals surface area contributed by atoms with Crippen LogP contribution in [0.4, 0.5) is 0 Å². The van der Waals surface area contributed by atoms with Gasteiger partial charge in [-0.25, -0.2) is 0 Å². The number of hydrogen-bond acceptors (Lipinski definition) is 3. The van der Waals surface area contributed by atoms with Crippen LogP contribution in [0.3, 0.4) is 0 Å². The number of esters is 1. The topological polar surface area (TPSA) is 43.4 Å². The highest BCUT2D eigenvalue weighted by Crippen LogP contribution is 2.63. The van der Waals surface area contributed by atoms with Crippen molar-refractivity contribution in [3.05, 3.63) is 11.6 Å². The molecule has 0 saturated heterocycles. The molecule has 3 unspecified atom stereocenters. The predicted octanol–water partition coefficient (Wildman–Crippen LogP) is 4.31. The van der Waals surface area contributed by atoms with Gasteiger partial charge >= 0.3 is 5.97 Å². The van der Waals surface area contributed by atoms with Crippen LogP contribution in [0.5, 0.6) is 0 Å². The van der Waals surface area contributed by atoms with E-state index in [9.17, 15) is 9.59 Å². The number of carbonyl (C=O) groups is 2. The molecule has 24 heavy (non-hydrogen) atoms. The summed E-state index contributed by atoms with van der Waals surface area (Å²) < 4.78 is 5.74. The fourth-order valence-electron chi connectivity index (χ4n) is 7.12. The third kappa shape index (κ3) is 2.38. The molecule has 3 nitrogen and oxygen atoms in total. The monoisotopic (exact) mass is 330 g/mol. The third-order valence-corrected chi connectivity index (χ3v) is 7.82. The Kier molecular flexibility index (Phi) is 3.89. The van der Waals surface area contributed by atoms with E-state index >= 15 is 0 Å². The highest BCUT2D eigenvalue weighted by molar-refractivity contribution is 5.91. The molecular weight excluding hydrogens is 300 g/mol. The number of carbonyl (C=O) groups excluding carboxylic acids is 2. The Morgan fingerprint density at radius 2 is 2.00 bits per heavy atom. The number of ether oxygens (including phenoxy) is 1. The molecule has 0 spiro atoms. The molecule has 0 aliphatic heterocycles. The minimum absolute atomic E-state index is 0.105. The SMILES string of the molecule is CC(=O)O[C@H]1CCC2C3CCC4=CC(=O)CC[C@@H]4C3[C@@H](C)C[C@@]21C. The van der Waals surface area contributed by atoms with Crippen molar-refractivity contribution in [2.45, 2.75) is 71.8 Å². The van der Waals surface area contributed by atoms with E-state index < -0.39 is 0 Å². The van der Waals surface area contributed by atoms with E-state index in [1.165, 1.54) is 18.4 Å². The summed E-state index contributed by atoms with van der Waals surface area (Å²) in [7, 11) is 0. The first kappa shape index (κ1) is 16.4. The second kappa shape index (κ2) is 5.71. The minimum Gasteiger partial charge on any atom is -0.462 e. The lowest BCUT2D eigenvalue weighted by atomic mass is 9.49. The van der Waals surface area contributed by atoms with E-state index in [0.29, 0.717) is 23.5 Å². The largest absolute Gasteiger partial charge is 0.462 e. The van der Waals surface area contributed by atoms with E-state index in [0.717, 1.165) is 43.9 Å². The molecule has 0 heterocycles. The smallest absolute Gasteiger partial charge is 0.302 e. The number of hydrogen-bond donors (Lipinski definition) is 0. The van der Waals surface area contributed by atoms with Gasteiger partial charge in [-0.1, -0.05) is 19.4 Å². The Labute approximate surface area is 145 Å². The van der Waals surface area contributed by atoms with Crippen LogP contribution in [0.15, 0.2) is 11.6 Å². The molecule has 3 saturated carbocycles. The van der Waals surface area contributed by atoms with Gasteiger partial charge in [-0.05, 0) is 74.2 Å². The zero-order valence-corrected chi connectivity index (χ0v) is 15.2. The van der Waals surface area contributed by atoms with Crippen molar-refractivity contribution in [1.29, 1.82) is 0 Å². The summed E-state index contributed by atoms with van der Waals surface area (Å²) in [6.45, 7) is 6.32. The summed E-state index contributed by atoms with van der Waals surface area (Å²) in [6.07, 6.45) is 9.60. The van der Waals surface area contributed by atoms with Crippen molar-refractivity contribution in [3.63, 3.8) is 0 Å². The first-order valence-corrected chi connectivity index (χ1v) is 9.80. The van der Waals surface area contributed by atoms with E-state index in [1.807, 2.05) is 6.08 Å². The van der Waals surface area contributed by atoms with E-state index in [-0.39, 0.29) is 17.5 Å². The molecule has 0 amide bonds. The lowest BCUT2D eigenvalue weighted by Crippen LogP contribution is -2.51. The molecule has 0 aromatic carbocycles. The maximum Gasteiger partial charge on any atom is 0.302 e. The molecule has 3 heteroatoms. The van der Waals surface area contributed by atoms with Gasteiger partial charge in [0.15, 0.2) is 5.78 Å². The molecule has 132 valence electrons. The van der Waals surface area contributed by atoms with Crippen LogP contribution in [0.25, 0.3) is 0 Å². The summed E-state index contributed by atoms with van der Waals surface area (Å²) in [6, 6.07) is 0. The summed E-state index contributed by atoms with van der Waals surface area (Å²) in [5.74, 6) is 3.65. The summed E-state index contributed by atoms with van der Waals surface area (Å²) >= 11 is 0. The summed E-state index contributed by atoms with van der Waals surface area (Å²) in [5.41, 5.74) is 1.59. The van der Waals surface area contributed by atoms with Crippen molar-refractivity contribution in [2.75, 3.05) is 0 Å². The van der Waals surface area contributed by atoms with Gasteiger partial charge in [0.2, 0.25) is 0 Å². The number of allylic oxidation sites excluding steroid dienone is 1. The van der Waals surface area contributed by atoms with Crippen LogP contribution in [0.2, 0.25) is 0 Å². The van der Waals surface area contributed by atoms with Gasteiger partial charge in [0.05, 0.1) is 0 Å². The maximum absolute atomic E-state index is 11.8. The van der Waals surface area contributed by atoms with E-state index in [2.05, 4.69) is 13.8 Å². The molecule has 0 radical (unpaired) electrons. The van der Waals surface area contributed by atoms with Crippen molar-refractivity contribution >= 4 is 11.8 Å². The van der Waals surface area contributed by atoms with Gasteiger partial charge in [-0.3, -0.25) is 9.59 Å². The second-order valence-electron chi connectivity index (χ2n) is 9.08. The summed E-state index contributed by atoms with van der Waals surface area (Å²) in [5, 5.41) is 0. The Morgan fingerprint density at radius 1 is 1.21 bits per heavy atom. The molecular formula is C21H30O3. The molecule has 3 fully saturated rings. The van der Waals surface area contributed by atoms with Gasteiger partial charge in [0.25, 0.3) is 0 Å². The molecule has 7 atom stereocenters. The fraction of sp³-hybridized carbons (Fsp3) is 0.810. The molecule has 0 N–H and O–H groups in total. The Balaban J connectivity index is 1.63. The van der Waals surface area contributed by atoms with Crippen molar-refractivity contribution in [1.82, 2.24) is 0 Å². The minimum atomic E-state index is -0.128. The highest BCUT2D eigenvalue weighted by atomic mass is 16.5. The molecule has 4 rings (SSSR count). The Bertz CT molecular complexity index is 592. The van der Waals surface area contributed by atoms with Crippen LogP contribution in [0.1, 0.15) is 65.7 Å². The van der Waals surface area contributed by atoms with Crippen LogP contribution in [0, 0.1) is 35.0 Å². The molecule has 4 aliphatic carbocycles. The van der Waals surface area contributed by atoms with E-state index in [1.54, 1.807) is 6.92 Å².